The Kier molecular flexibility index (Phi) is 8.35. The van der Waals surface area contributed by atoms with Gasteiger partial charge in [-0.3, -0.25) is 9.59 Å². The number of nitrogens with two attached hydrogens (primary N) is 1. The lowest BCUT2D eigenvalue weighted by Crippen LogP contribution is -2.46. The summed E-state index contributed by atoms with van der Waals surface area (Å²) >= 11 is 0. The molecule has 0 heterocycles. The number of nitrogens with zero attached hydrogens (tertiary/aromatic N) is 1. The Morgan fingerprint density at radius 1 is 1.40 bits per heavy atom. The molecule has 0 aliphatic rings. The van der Waals surface area contributed by atoms with Crippen LogP contribution >= 0.6 is 0 Å². The van der Waals surface area contributed by atoms with Gasteiger partial charge in [-0.1, -0.05) is 0 Å². The van der Waals surface area contributed by atoms with Gasteiger partial charge in [0.15, 0.2) is 0 Å². The number of amides is 2. The number of hydrogen-bond acceptors (Lipinski definition) is 6. The Bertz CT molecular complexity index is 424. The van der Waals surface area contributed by atoms with E-state index in [0.717, 1.165) is 6.26 Å². The third-order valence-corrected chi connectivity index (χ3v) is 3.48. The monoisotopic (exact) mass is 309 g/mol. The van der Waals surface area contributed by atoms with E-state index in [9.17, 15) is 18.0 Å². The molecule has 0 fully saturated rings. The Balaban J connectivity index is 4.16. The maximum atomic E-state index is 11.8. The summed E-state index contributed by atoms with van der Waals surface area (Å²) in [6.07, 6.45) is 1.12. The van der Waals surface area contributed by atoms with E-state index in [-0.39, 0.29) is 24.6 Å². The number of carbonyl (C=O) groups excluding carboxylic acids is 2. The van der Waals surface area contributed by atoms with Crippen molar-refractivity contribution in [3.63, 3.8) is 0 Å². The topological polar surface area (TPSA) is 119 Å². The van der Waals surface area contributed by atoms with Gasteiger partial charge in [0, 0.05) is 27.0 Å². The van der Waals surface area contributed by atoms with E-state index in [1.165, 1.54) is 19.1 Å². The van der Waals surface area contributed by atoms with E-state index in [2.05, 4.69) is 5.32 Å². The van der Waals surface area contributed by atoms with Gasteiger partial charge < -0.3 is 20.7 Å². The molecule has 0 saturated heterocycles. The minimum Gasteiger partial charge on any atom is -0.383 e. The molecule has 0 aromatic carbocycles. The molecule has 0 aliphatic carbocycles. The van der Waals surface area contributed by atoms with Crippen molar-refractivity contribution in [2.75, 3.05) is 45.9 Å². The number of ether oxygens (including phenoxy) is 1. The van der Waals surface area contributed by atoms with Crippen LogP contribution in [0.25, 0.3) is 0 Å². The first-order valence-electron chi connectivity index (χ1n) is 6.11. The molecule has 0 bridgehead atoms. The molecular formula is C11H23N3O5S. The molecular weight excluding hydrogens is 286 g/mol. The Hall–Kier alpha value is -1.19. The molecule has 3 N–H and O–H groups in total. The average molecular weight is 309 g/mol. The summed E-state index contributed by atoms with van der Waals surface area (Å²) in [5, 5.41) is 2.57. The molecule has 20 heavy (non-hydrogen) atoms. The van der Waals surface area contributed by atoms with E-state index in [1.54, 1.807) is 0 Å². The van der Waals surface area contributed by atoms with E-state index in [0.29, 0.717) is 13.2 Å². The molecule has 0 aromatic rings. The van der Waals surface area contributed by atoms with Gasteiger partial charge >= 0.3 is 0 Å². The smallest absolute Gasteiger partial charge is 0.239 e. The lowest BCUT2D eigenvalue weighted by atomic mass is 10.2. The fourth-order valence-corrected chi connectivity index (χ4v) is 2.07. The summed E-state index contributed by atoms with van der Waals surface area (Å²) in [6, 6.07) is -0.929. The summed E-state index contributed by atoms with van der Waals surface area (Å²) in [4.78, 5) is 24.5. The van der Waals surface area contributed by atoms with E-state index < -0.39 is 21.8 Å². The molecule has 2 amide bonds. The van der Waals surface area contributed by atoms with Crippen LogP contribution in [0, 0.1) is 0 Å². The number of rotatable bonds is 9. The SMILES string of the molecule is COCCNC(=O)CN(C)C(=O)C(N)CCS(C)(=O)=O. The molecule has 0 aliphatic heterocycles. The van der Waals surface area contributed by atoms with Crippen LogP contribution in [0.4, 0.5) is 0 Å². The van der Waals surface area contributed by atoms with E-state index >= 15 is 0 Å². The van der Waals surface area contributed by atoms with Gasteiger partial charge in [-0.05, 0) is 6.42 Å². The van der Waals surface area contributed by atoms with Crippen LogP contribution in [0.2, 0.25) is 0 Å². The number of sulfone groups is 1. The first kappa shape index (κ1) is 18.8. The largest absolute Gasteiger partial charge is 0.383 e. The first-order valence-corrected chi connectivity index (χ1v) is 8.17. The van der Waals surface area contributed by atoms with E-state index in [1.807, 2.05) is 0 Å². The van der Waals surface area contributed by atoms with Crippen molar-refractivity contribution < 1.29 is 22.7 Å². The second kappa shape index (κ2) is 8.88. The van der Waals surface area contributed by atoms with Gasteiger partial charge in [0.05, 0.1) is 24.9 Å². The summed E-state index contributed by atoms with van der Waals surface area (Å²) in [7, 11) is -0.201. The molecule has 1 atom stereocenters. The molecule has 118 valence electrons. The minimum absolute atomic E-state index is 0.0350. The van der Waals surface area contributed by atoms with Gasteiger partial charge in [-0.15, -0.1) is 0 Å². The zero-order chi connectivity index (χ0) is 15.8. The fourth-order valence-electron chi connectivity index (χ4n) is 1.39. The molecule has 0 aromatic heterocycles. The van der Waals surface area contributed by atoms with Crippen LogP contribution in [0.15, 0.2) is 0 Å². The van der Waals surface area contributed by atoms with Crippen molar-refractivity contribution in [3.8, 4) is 0 Å². The highest BCUT2D eigenvalue weighted by molar-refractivity contribution is 7.90. The van der Waals surface area contributed by atoms with Gasteiger partial charge in [-0.2, -0.15) is 0 Å². The fraction of sp³-hybridized carbons (Fsp3) is 0.818. The van der Waals surface area contributed by atoms with E-state index in [4.69, 9.17) is 10.5 Å². The van der Waals surface area contributed by atoms with Crippen LogP contribution in [0.3, 0.4) is 0 Å². The number of likely N-dealkylation sites (N-methyl/N-ethyl adjacent to an activating group) is 1. The van der Waals surface area contributed by atoms with Crippen molar-refractivity contribution in [3.05, 3.63) is 0 Å². The highest BCUT2D eigenvalue weighted by atomic mass is 32.2. The predicted octanol–water partition coefficient (Wildman–Crippen LogP) is -2.03. The summed E-state index contributed by atoms with van der Waals surface area (Å²) in [5.74, 6) is -0.947. The average Bonchev–Trinajstić information content (AvgIpc) is 2.34. The van der Waals surface area contributed by atoms with Crippen molar-refractivity contribution in [2.24, 2.45) is 5.73 Å². The normalized spacial score (nSPS) is 12.8. The maximum Gasteiger partial charge on any atom is 0.239 e. The zero-order valence-corrected chi connectivity index (χ0v) is 12.9. The van der Waals surface area contributed by atoms with Crippen LogP contribution in [-0.2, 0) is 24.2 Å². The Morgan fingerprint density at radius 3 is 2.50 bits per heavy atom. The number of methoxy groups -OCH3 is 1. The van der Waals surface area contributed by atoms with Crippen molar-refractivity contribution in [2.45, 2.75) is 12.5 Å². The van der Waals surface area contributed by atoms with Crippen molar-refractivity contribution >= 4 is 21.7 Å². The second-order valence-corrected chi connectivity index (χ2v) is 6.82. The second-order valence-electron chi connectivity index (χ2n) is 4.56. The quantitative estimate of drug-likeness (QED) is 0.474. The number of carbonyl (C=O) groups is 2. The van der Waals surface area contributed by atoms with Crippen molar-refractivity contribution in [1.29, 1.82) is 0 Å². The molecule has 0 rings (SSSR count). The summed E-state index contributed by atoms with van der Waals surface area (Å²) in [5.41, 5.74) is 5.62. The number of nitrogens with one attached hydrogen (secondary N) is 1. The van der Waals surface area contributed by atoms with Gasteiger partial charge in [0.2, 0.25) is 11.8 Å². The van der Waals surface area contributed by atoms with Crippen LogP contribution in [0.1, 0.15) is 6.42 Å². The van der Waals surface area contributed by atoms with Gasteiger partial charge in [0.1, 0.15) is 9.84 Å². The Labute approximate surface area is 119 Å². The third-order valence-electron chi connectivity index (χ3n) is 2.50. The highest BCUT2D eigenvalue weighted by Gasteiger charge is 2.21. The summed E-state index contributed by atoms with van der Waals surface area (Å²) < 4.78 is 26.8. The van der Waals surface area contributed by atoms with Crippen LogP contribution in [0.5, 0.6) is 0 Å². The first-order chi connectivity index (χ1) is 9.17. The standard InChI is InChI=1S/C11H23N3O5S/c1-14(8-10(15)13-5-6-19-2)11(16)9(12)4-7-20(3,17)18/h9H,4-8,12H2,1-3H3,(H,13,15). The van der Waals surface area contributed by atoms with Crippen LogP contribution in [-0.4, -0.2) is 77.0 Å². The zero-order valence-electron chi connectivity index (χ0n) is 12.1. The number of hydrogen-bond donors (Lipinski definition) is 2. The molecule has 8 nitrogen and oxygen atoms in total. The Morgan fingerprint density at radius 2 is 2.00 bits per heavy atom. The summed E-state index contributed by atoms with van der Waals surface area (Å²) in [6.45, 7) is 0.615. The minimum atomic E-state index is -3.16. The predicted molar refractivity (Wildman–Crippen MR) is 74.8 cm³/mol. The molecule has 0 spiro atoms. The molecule has 0 saturated carbocycles. The van der Waals surface area contributed by atoms with Crippen LogP contribution < -0.4 is 11.1 Å². The van der Waals surface area contributed by atoms with Crippen molar-refractivity contribution in [1.82, 2.24) is 10.2 Å². The molecule has 1 unspecified atom stereocenters. The third kappa shape index (κ3) is 8.83. The lowest BCUT2D eigenvalue weighted by Gasteiger charge is -2.20. The molecule has 9 heteroatoms. The van der Waals surface area contributed by atoms with Gasteiger partial charge in [-0.25, -0.2) is 8.42 Å². The van der Waals surface area contributed by atoms with Gasteiger partial charge in [0.25, 0.3) is 0 Å². The lowest BCUT2D eigenvalue weighted by molar-refractivity contribution is -0.135. The maximum absolute atomic E-state index is 11.8. The highest BCUT2D eigenvalue weighted by Crippen LogP contribution is 1.98. The molecule has 0 radical (unpaired) electrons.